The summed E-state index contributed by atoms with van der Waals surface area (Å²) in [6, 6.07) is 0.954. The summed E-state index contributed by atoms with van der Waals surface area (Å²) in [6.45, 7) is 2.90. The van der Waals surface area contributed by atoms with Gasteiger partial charge in [0, 0.05) is 18.1 Å². The Morgan fingerprint density at radius 3 is 2.63 bits per heavy atom. The summed E-state index contributed by atoms with van der Waals surface area (Å²) in [5.74, 6) is 0.665. The molecule has 1 spiro atoms. The number of nitrogens with two attached hydrogens (primary N) is 1. The number of aliphatic imine (C=N–C) groups is 1. The van der Waals surface area contributed by atoms with Crippen molar-refractivity contribution in [2.24, 2.45) is 16.1 Å². The second kappa shape index (κ2) is 5.31. The van der Waals surface area contributed by atoms with E-state index in [0.29, 0.717) is 29.6 Å². The maximum absolute atomic E-state index is 6.08. The van der Waals surface area contributed by atoms with Crippen molar-refractivity contribution in [1.82, 2.24) is 5.32 Å². The Morgan fingerprint density at radius 2 is 2.05 bits per heavy atom. The molecule has 4 heteroatoms. The van der Waals surface area contributed by atoms with Crippen LogP contribution in [-0.4, -0.2) is 30.8 Å². The van der Waals surface area contributed by atoms with Crippen LogP contribution in [0.3, 0.4) is 0 Å². The van der Waals surface area contributed by atoms with Gasteiger partial charge in [-0.2, -0.15) is 0 Å². The fourth-order valence-corrected chi connectivity index (χ4v) is 4.07. The highest BCUT2D eigenvalue weighted by Gasteiger charge is 2.59. The fourth-order valence-electron chi connectivity index (χ4n) is 4.07. The average molecular weight is 265 g/mol. The predicted octanol–water partition coefficient (Wildman–Crippen LogP) is 2.18. The third-order valence-electron chi connectivity index (χ3n) is 5.40. The lowest BCUT2D eigenvalue weighted by Gasteiger charge is -2.59. The zero-order chi connectivity index (χ0) is 13.3. The Balaban J connectivity index is 1.57. The van der Waals surface area contributed by atoms with Gasteiger partial charge in [-0.05, 0) is 39.0 Å². The molecule has 0 saturated heterocycles. The normalized spacial score (nSPS) is 34.1. The molecule has 0 aromatic rings. The summed E-state index contributed by atoms with van der Waals surface area (Å²) < 4.78 is 5.85. The molecule has 0 radical (unpaired) electrons. The smallest absolute Gasteiger partial charge is 0.189 e. The van der Waals surface area contributed by atoms with E-state index in [-0.39, 0.29) is 0 Å². The van der Waals surface area contributed by atoms with Crippen molar-refractivity contribution in [3.63, 3.8) is 0 Å². The minimum atomic E-state index is 0.331. The molecule has 0 amide bonds. The number of ether oxygens (including phenoxy) is 1. The first-order valence-electron chi connectivity index (χ1n) is 7.96. The third-order valence-corrected chi connectivity index (χ3v) is 5.40. The number of hydrogen-bond acceptors (Lipinski definition) is 2. The van der Waals surface area contributed by atoms with Gasteiger partial charge in [-0.15, -0.1) is 0 Å². The summed E-state index contributed by atoms with van der Waals surface area (Å²) >= 11 is 0. The van der Waals surface area contributed by atoms with Gasteiger partial charge in [-0.25, -0.2) is 4.99 Å². The third kappa shape index (κ3) is 2.35. The van der Waals surface area contributed by atoms with E-state index < -0.39 is 0 Å². The first-order valence-corrected chi connectivity index (χ1v) is 7.96. The van der Waals surface area contributed by atoms with Crippen molar-refractivity contribution in [1.29, 1.82) is 0 Å². The summed E-state index contributed by atoms with van der Waals surface area (Å²) in [5, 5.41) is 3.40. The van der Waals surface area contributed by atoms with Gasteiger partial charge in [-0.1, -0.05) is 19.3 Å². The van der Waals surface area contributed by atoms with Crippen LogP contribution < -0.4 is 11.1 Å². The van der Waals surface area contributed by atoms with Crippen molar-refractivity contribution >= 4 is 5.96 Å². The maximum Gasteiger partial charge on any atom is 0.189 e. The van der Waals surface area contributed by atoms with Crippen molar-refractivity contribution in [3.8, 4) is 0 Å². The lowest BCUT2D eigenvalue weighted by molar-refractivity contribution is -0.162. The van der Waals surface area contributed by atoms with Crippen LogP contribution in [0.5, 0.6) is 0 Å². The molecule has 0 aromatic heterocycles. The molecule has 4 nitrogen and oxygen atoms in total. The monoisotopic (exact) mass is 265 g/mol. The van der Waals surface area contributed by atoms with Gasteiger partial charge in [0.15, 0.2) is 5.96 Å². The van der Waals surface area contributed by atoms with Crippen LogP contribution in [0, 0.1) is 5.41 Å². The van der Waals surface area contributed by atoms with Crippen LogP contribution >= 0.6 is 0 Å². The van der Waals surface area contributed by atoms with Crippen LogP contribution in [0.25, 0.3) is 0 Å². The highest BCUT2D eigenvalue weighted by Crippen LogP contribution is 2.58. The molecule has 19 heavy (non-hydrogen) atoms. The van der Waals surface area contributed by atoms with Gasteiger partial charge in [0.05, 0.1) is 12.1 Å². The Labute approximate surface area is 116 Å². The van der Waals surface area contributed by atoms with Gasteiger partial charge >= 0.3 is 0 Å². The summed E-state index contributed by atoms with van der Waals surface area (Å²) in [4.78, 5) is 4.76. The van der Waals surface area contributed by atoms with E-state index in [1.54, 1.807) is 0 Å². The number of guanidine groups is 1. The molecule has 2 atom stereocenters. The molecule has 108 valence electrons. The number of nitrogens with zero attached hydrogens (tertiary/aromatic N) is 1. The van der Waals surface area contributed by atoms with Gasteiger partial charge in [0.1, 0.15) is 0 Å². The number of hydrogen-bond donors (Lipinski definition) is 2. The molecule has 3 N–H and O–H groups in total. The maximum atomic E-state index is 6.08. The van der Waals surface area contributed by atoms with Crippen molar-refractivity contribution in [2.45, 2.75) is 76.5 Å². The van der Waals surface area contributed by atoms with E-state index in [1.165, 1.54) is 44.9 Å². The first-order chi connectivity index (χ1) is 9.24. The predicted molar refractivity (Wildman–Crippen MR) is 77.1 cm³/mol. The van der Waals surface area contributed by atoms with Crippen LogP contribution in [0.2, 0.25) is 0 Å². The van der Waals surface area contributed by atoms with Gasteiger partial charge in [0.2, 0.25) is 0 Å². The minimum absolute atomic E-state index is 0.331. The standard InChI is InChI=1S/C15H27N3O/c1-2-19-13-10-12(15(13)8-5-9-15)18-14(16)17-11-6-3-4-7-11/h11-13H,2-10H2,1H3,(H3,16,17,18). The molecule has 3 aliphatic carbocycles. The van der Waals surface area contributed by atoms with Crippen LogP contribution in [0.15, 0.2) is 4.99 Å². The second-order valence-electron chi connectivity index (χ2n) is 6.42. The molecule has 0 aliphatic heterocycles. The Hall–Kier alpha value is -0.770. The highest BCUT2D eigenvalue weighted by molar-refractivity contribution is 5.78. The van der Waals surface area contributed by atoms with E-state index in [1.807, 2.05) is 0 Å². The van der Waals surface area contributed by atoms with Gasteiger partial charge < -0.3 is 15.8 Å². The summed E-state index contributed by atoms with van der Waals surface area (Å²) in [5.41, 5.74) is 6.41. The van der Waals surface area contributed by atoms with Crippen molar-refractivity contribution in [2.75, 3.05) is 6.61 Å². The zero-order valence-electron chi connectivity index (χ0n) is 12.0. The quantitative estimate of drug-likeness (QED) is 0.605. The lowest BCUT2D eigenvalue weighted by atomic mass is 9.51. The number of rotatable bonds is 4. The van der Waals surface area contributed by atoms with E-state index in [2.05, 4.69) is 12.2 Å². The Bertz CT molecular complexity index is 345. The summed E-state index contributed by atoms with van der Waals surface area (Å²) in [6.07, 6.45) is 10.5. The van der Waals surface area contributed by atoms with E-state index >= 15 is 0 Å². The van der Waals surface area contributed by atoms with Gasteiger partial charge in [-0.3, -0.25) is 0 Å². The second-order valence-corrected chi connectivity index (χ2v) is 6.42. The average Bonchev–Trinajstić information content (AvgIpc) is 2.78. The van der Waals surface area contributed by atoms with Crippen LogP contribution in [0.4, 0.5) is 0 Å². The number of nitrogens with one attached hydrogen (secondary N) is 1. The molecule has 3 saturated carbocycles. The Morgan fingerprint density at radius 1 is 1.32 bits per heavy atom. The van der Waals surface area contributed by atoms with Crippen molar-refractivity contribution < 1.29 is 4.74 Å². The zero-order valence-corrected chi connectivity index (χ0v) is 12.0. The van der Waals surface area contributed by atoms with Crippen LogP contribution in [-0.2, 0) is 4.74 Å². The molecule has 0 aromatic carbocycles. The van der Waals surface area contributed by atoms with E-state index in [0.717, 1.165) is 13.0 Å². The SMILES string of the molecule is CCOC1CC(N=C(N)NC2CCCC2)C12CCC2. The molecule has 0 bridgehead atoms. The van der Waals surface area contributed by atoms with Crippen molar-refractivity contribution in [3.05, 3.63) is 0 Å². The van der Waals surface area contributed by atoms with Gasteiger partial charge in [0.25, 0.3) is 0 Å². The Kier molecular flexibility index (Phi) is 3.70. The summed E-state index contributed by atoms with van der Waals surface area (Å²) in [7, 11) is 0. The molecule has 3 aliphatic rings. The largest absolute Gasteiger partial charge is 0.378 e. The van der Waals surface area contributed by atoms with E-state index in [4.69, 9.17) is 15.5 Å². The first kappa shape index (κ1) is 13.2. The topological polar surface area (TPSA) is 59.6 Å². The molecular weight excluding hydrogens is 238 g/mol. The lowest BCUT2D eigenvalue weighted by Crippen LogP contribution is -2.62. The highest BCUT2D eigenvalue weighted by atomic mass is 16.5. The minimum Gasteiger partial charge on any atom is -0.378 e. The molecule has 3 fully saturated rings. The molecular formula is C15H27N3O. The van der Waals surface area contributed by atoms with E-state index in [9.17, 15) is 0 Å². The molecule has 2 unspecified atom stereocenters. The molecule has 3 rings (SSSR count). The molecule has 0 heterocycles. The van der Waals surface area contributed by atoms with Crippen LogP contribution in [0.1, 0.15) is 58.3 Å². The fraction of sp³-hybridized carbons (Fsp3) is 0.933.